The number of urea groups is 1. The Balaban J connectivity index is 0.918. The molecule has 668 valence electrons. The molecule has 35 heteroatoms. The number of hydrogen-bond acceptors (Lipinski definition) is 27. The molecule has 19 N–H and O–H groups in total. The van der Waals surface area contributed by atoms with E-state index in [1.54, 1.807) is 6.92 Å². The zero-order chi connectivity index (χ0) is 89.3. The second-order valence-electron chi connectivity index (χ2n) is 35.4. The fraction of sp³-hybridized carbons (Fsp3) is 0.500. The number of Topliss-reactive ketones (excluding diaryl/α,β-unsaturated/α-hetero) is 3. The van der Waals surface area contributed by atoms with Crippen molar-refractivity contribution >= 4 is 81.8 Å². The summed E-state index contributed by atoms with van der Waals surface area (Å²) in [5.74, 6) is -17.4. The molecule has 4 saturated carbocycles. The van der Waals surface area contributed by atoms with Crippen LogP contribution in [0.1, 0.15) is 181 Å². The maximum absolute atomic E-state index is 16.8. The van der Waals surface area contributed by atoms with Crippen molar-refractivity contribution in [2.45, 2.75) is 214 Å². The number of benzene rings is 6. The molecule has 0 radical (unpaired) electrons. The van der Waals surface area contributed by atoms with Gasteiger partial charge in [-0.2, -0.15) is 0 Å². The van der Waals surface area contributed by atoms with Crippen molar-refractivity contribution in [1.29, 1.82) is 0 Å². The average molecular weight is 1770 g/mol. The number of anilines is 1. The van der Waals surface area contributed by atoms with Crippen molar-refractivity contribution in [3.63, 3.8) is 0 Å². The molecule has 6 aromatic rings. The van der Waals surface area contributed by atoms with Gasteiger partial charge in [-0.15, -0.1) is 0 Å². The minimum atomic E-state index is -2.95. The Bertz CT molecular complexity index is 5160. The first-order valence-electron chi connectivity index (χ1n) is 42.3. The SMILES string of the molecule is CC[C@H](CC(C)C)C(=O)N[C@H]1C(=O)C[C@@H](CC(=O)NC(=O)Nc2ccc(OCCN)cc2)C(=O)N[C@H]2C(=O)C[C@H]3C(=O)N[C@H](C(=O)N[C@H](C(=O)CC4C5CC6CC(C5)CC4C6)c4cc(O)cc5c4-c4cc3ccc4C5(O)O)[C@H](O)c3ccc(c(Cl)c3)Oc3cc2cc(c3O[C@@H]2O[C@H](CO)[C@@H](O)[C@H](O)[C@H]2O[C@H]2C[C@](C)(N)[C@H](O)[C@H](C)O2)Oc2ccc(cc2Cl)[C@H]1O. The highest BCUT2D eigenvalue weighted by atomic mass is 35.5. The third kappa shape index (κ3) is 18.6. The summed E-state index contributed by atoms with van der Waals surface area (Å²) in [5, 5.41) is 123. The lowest BCUT2D eigenvalue weighted by Gasteiger charge is -2.54. The standard InChI is InChI=1S/C90H104Cl2N8O25/c1-6-42(19-38(2)3)83(112)99-74-61(103)28-49(31-69(106)96-88(116)95-50-10-12-52(13-11-50)119-18-17-93)84(113)97-72-48-29-66(121-64-15-8-44(76(74)107)26-59(64)91)80(125-87-81(79(110)78(109)68(37-101)123-87)124-70-36-89(5,94)82(111)39(4)120-70)67(30-48)122-65-16-9-45(27-60(65)92)77(108)75-86(115)98-73(63(105)34-53-46-21-40-20-41(23-46)24-47(53)22-40)56-32-51(102)33-58-71(56)55-25-43(7-14-57(55)90(58,117)118)54(35-62(72)104)85(114)100-75/h7-16,25-27,29-30,32-33,38-42,46-47,49,53-54,68,70,72-79,81-82,87,101-102,107-111,117-118H,6,17-24,28,31,34-37,93-94H2,1-5H3,(H,97,113)(H,98,115)(H,99,112)(H,100,114)(H2,95,96,106,116)/t39-,40?,41?,42+,46?,47?,49-,53?,54+,68+,70-,72+,73-,74-,75-,76+,77+,78+,79-,81+,82+,87-,89-/m0/s1. The number of carbonyl (C=O) groups is 9. The van der Waals surface area contributed by atoms with Crippen LogP contribution in [0.2, 0.25) is 10.0 Å². The highest BCUT2D eigenvalue weighted by Crippen LogP contribution is 2.59. The van der Waals surface area contributed by atoms with Gasteiger partial charge in [0.15, 0.2) is 41.2 Å². The van der Waals surface area contributed by atoms with Crippen LogP contribution in [0.3, 0.4) is 0 Å². The number of phenolic OH excluding ortho intramolecular Hbond substituents is 1. The van der Waals surface area contributed by atoms with Crippen molar-refractivity contribution in [3.8, 4) is 51.4 Å². The summed E-state index contributed by atoms with van der Waals surface area (Å²) >= 11 is 14.6. The number of phenols is 1. The van der Waals surface area contributed by atoms with E-state index in [1.807, 2.05) is 13.8 Å². The topological polar surface area (TPSA) is 525 Å². The summed E-state index contributed by atoms with van der Waals surface area (Å²) in [4.78, 5) is 140. The van der Waals surface area contributed by atoms with Crippen LogP contribution in [0.15, 0.2) is 103 Å². The maximum atomic E-state index is 16.8. The third-order valence-electron chi connectivity index (χ3n) is 26.1. The van der Waals surface area contributed by atoms with Crippen molar-refractivity contribution < 1.29 is 122 Å². The van der Waals surface area contributed by atoms with Crippen LogP contribution in [0, 0.1) is 47.3 Å². The number of hydrogen-bond donors (Lipinski definition) is 17. The number of aliphatic hydroxyl groups is 8. The van der Waals surface area contributed by atoms with E-state index in [0.717, 1.165) is 50.3 Å². The van der Waals surface area contributed by atoms with Gasteiger partial charge < -0.3 is 117 Å². The molecule has 0 aromatic heterocycles. The summed E-state index contributed by atoms with van der Waals surface area (Å²) in [6, 6.07) is 12.5. The predicted octanol–water partition coefficient (Wildman–Crippen LogP) is 6.76. The number of amides is 7. The number of fused-ring (bicyclic) bond motifs is 12. The van der Waals surface area contributed by atoms with Crippen molar-refractivity contribution in [2.75, 3.05) is 25.1 Å². The summed E-state index contributed by atoms with van der Waals surface area (Å²) in [6.45, 7) is 7.94. The van der Waals surface area contributed by atoms with Gasteiger partial charge in [0.1, 0.15) is 84.3 Å². The lowest BCUT2D eigenvalue weighted by Crippen LogP contribution is -2.64. The highest BCUT2D eigenvalue weighted by molar-refractivity contribution is 6.32. The number of carbonyl (C=O) groups excluding carboxylic acids is 9. The first-order valence-corrected chi connectivity index (χ1v) is 43.1. The molecule has 12 aliphatic rings. The molecule has 6 aromatic carbocycles. The second-order valence-corrected chi connectivity index (χ2v) is 36.2. The molecule has 7 amide bonds. The number of halogens is 2. The molecule has 5 aliphatic carbocycles. The van der Waals surface area contributed by atoms with Crippen LogP contribution in [0.4, 0.5) is 10.5 Å². The van der Waals surface area contributed by atoms with Crippen LogP contribution in [0.25, 0.3) is 11.1 Å². The number of imide groups is 1. The molecule has 125 heavy (non-hydrogen) atoms. The number of aromatic hydroxyl groups is 1. The lowest BCUT2D eigenvalue weighted by atomic mass is 9.51. The van der Waals surface area contributed by atoms with Gasteiger partial charge in [0.25, 0.3) is 0 Å². The Morgan fingerprint density at radius 1 is 0.704 bits per heavy atom. The van der Waals surface area contributed by atoms with Crippen LogP contribution < -0.4 is 62.3 Å². The minimum Gasteiger partial charge on any atom is -0.508 e. The summed E-state index contributed by atoms with van der Waals surface area (Å²) in [5.41, 5.74) is 9.45. The van der Waals surface area contributed by atoms with E-state index in [2.05, 4.69) is 31.9 Å². The molecular formula is C90H104Cl2N8O25. The van der Waals surface area contributed by atoms with E-state index in [0.29, 0.717) is 24.0 Å². The maximum Gasteiger partial charge on any atom is 0.325 e. The fourth-order valence-electron chi connectivity index (χ4n) is 19.9. The molecule has 2 saturated heterocycles. The van der Waals surface area contributed by atoms with Gasteiger partial charge in [-0.1, -0.05) is 68.2 Å². The monoisotopic (exact) mass is 1770 g/mol. The predicted molar refractivity (Wildman–Crippen MR) is 446 cm³/mol. The molecule has 0 unspecified atom stereocenters. The first-order chi connectivity index (χ1) is 59.4. The van der Waals surface area contributed by atoms with Gasteiger partial charge in [0.05, 0.1) is 40.7 Å². The zero-order valence-corrected chi connectivity index (χ0v) is 70.7. The largest absolute Gasteiger partial charge is 0.508 e. The summed E-state index contributed by atoms with van der Waals surface area (Å²) in [6.07, 6.45) is -15.6. The van der Waals surface area contributed by atoms with Crippen LogP contribution in [-0.2, 0) is 58.4 Å². The van der Waals surface area contributed by atoms with Gasteiger partial charge in [-0.3, -0.25) is 43.7 Å². The van der Waals surface area contributed by atoms with Crippen molar-refractivity contribution in [2.24, 2.45) is 58.8 Å². The normalized spacial score (nSPS) is 31.2. The van der Waals surface area contributed by atoms with Gasteiger partial charge in [-0.25, -0.2) is 4.79 Å². The molecule has 7 heterocycles. The van der Waals surface area contributed by atoms with E-state index in [-0.39, 0.29) is 133 Å². The Morgan fingerprint density at radius 3 is 1.97 bits per heavy atom. The van der Waals surface area contributed by atoms with E-state index >= 15 is 28.8 Å². The molecule has 7 aliphatic heterocycles. The average Bonchev–Trinajstić information content (AvgIpc) is 1.56. The lowest BCUT2D eigenvalue weighted by molar-refractivity contribution is -0.333. The molecule has 33 nitrogen and oxygen atoms in total. The van der Waals surface area contributed by atoms with Crippen molar-refractivity contribution in [3.05, 3.63) is 152 Å². The molecule has 6 fully saturated rings. The van der Waals surface area contributed by atoms with Gasteiger partial charge in [-0.05, 0) is 212 Å². The Morgan fingerprint density at radius 2 is 1.35 bits per heavy atom. The quantitative estimate of drug-likeness (QED) is 0.0372. The van der Waals surface area contributed by atoms with Crippen molar-refractivity contribution in [1.82, 2.24) is 26.6 Å². The van der Waals surface area contributed by atoms with E-state index < -0.39 is 216 Å². The summed E-state index contributed by atoms with van der Waals surface area (Å²) in [7, 11) is 0. The van der Waals surface area contributed by atoms with Crippen LogP contribution >= 0.6 is 23.2 Å². The highest BCUT2D eigenvalue weighted by Gasteiger charge is 2.54. The summed E-state index contributed by atoms with van der Waals surface area (Å²) < 4.78 is 44.8. The molecule has 18 rings (SSSR count). The molecule has 15 bridgehead atoms. The molecule has 18 atom stereocenters. The van der Waals surface area contributed by atoms with Gasteiger partial charge in [0, 0.05) is 66.9 Å². The van der Waals surface area contributed by atoms with E-state index in [9.17, 15) is 60.3 Å². The molecular weight excluding hydrogens is 1660 g/mol. The van der Waals surface area contributed by atoms with Crippen LogP contribution in [0.5, 0.6) is 40.2 Å². The first kappa shape index (κ1) is 90.0. The number of nitrogens with two attached hydrogens (primary N) is 2. The number of aliphatic hydroxyl groups excluding tert-OH is 6. The Hall–Kier alpha value is -9.79. The van der Waals surface area contributed by atoms with Crippen LogP contribution in [-0.4, -0.2) is 185 Å². The van der Waals surface area contributed by atoms with Gasteiger partial charge in [0.2, 0.25) is 47.4 Å². The third-order valence-corrected chi connectivity index (χ3v) is 26.7. The second kappa shape index (κ2) is 36.5. The van der Waals surface area contributed by atoms with E-state index in [1.165, 1.54) is 98.8 Å². The number of rotatable bonds is 19. The van der Waals surface area contributed by atoms with Gasteiger partial charge >= 0.3 is 6.03 Å². The Labute approximate surface area is 728 Å². The van der Waals surface area contributed by atoms with E-state index in [4.69, 9.17) is 67.8 Å². The fourth-order valence-corrected chi connectivity index (χ4v) is 20.4. The number of nitrogens with one attached hydrogen (secondary N) is 6. The number of ether oxygens (including phenoxy) is 7. The minimum absolute atomic E-state index is 0.0308. The molecule has 0 spiro atoms. The smallest absolute Gasteiger partial charge is 0.325 e. The number of ketones is 3. The Kier molecular flexibility index (Phi) is 26.3. The zero-order valence-electron chi connectivity index (χ0n) is 69.2.